The minimum Gasteiger partial charge on any atom is -0.449 e. The molecule has 5 heteroatoms. The van der Waals surface area contributed by atoms with Gasteiger partial charge in [0.15, 0.2) is 0 Å². The number of halogens is 1. The lowest BCUT2D eigenvalue weighted by atomic mass is 9.98. The van der Waals surface area contributed by atoms with E-state index in [0.29, 0.717) is 6.54 Å². The number of amides is 1. The van der Waals surface area contributed by atoms with E-state index < -0.39 is 11.5 Å². The SMILES string of the molecule is O=C(NCC1(CO)CC1c1ccc(F)cc1)OCC1c2ccccc2-c2ccccc21. The maximum Gasteiger partial charge on any atom is 0.407 e. The summed E-state index contributed by atoms with van der Waals surface area (Å²) in [5.41, 5.74) is 5.27. The second-order valence-electron chi connectivity index (χ2n) is 8.51. The van der Waals surface area contributed by atoms with Gasteiger partial charge in [-0.15, -0.1) is 0 Å². The highest BCUT2D eigenvalue weighted by atomic mass is 19.1. The van der Waals surface area contributed by atoms with Gasteiger partial charge in [0.05, 0.1) is 6.61 Å². The molecule has 31 heavy (non-hydrogen) atoms. The number of benzene rings is 3. The average Bonchev–Trinajstić information content (AvgIpc) is 3.45. The topological polar surface area (TPSA) is 58.6 Å². The van der Waals surface area contributed by atoms with Crippen molar-refractivity contribution in [1.82, 2.24) is 5.32 Å². The van der Waals surface area contributed by atoms with Gasteiger partial charge in [-0.2, -0.15) is 0 Å². The molecule has 2 aliphatic carbocycles. The van der Waals surface area contributed by atoms with Crippen LogP contribution in [0.5, 0.6) is 0 Å². The molecule has 3 aromatic rings. The molecule has 0 spiro atoms. The second-order valence-corrected chi connectivity index (χ2v) is 8.51. The van der Waals surface area contributed by atoms with Crippen LogP contribution in [0, 0.1) is 11.2 Å². The van der Waals surface area contributed by atoms with Crippen LogP contribution < -0.4 is 5.32 Å². The van der Waals surface area contributed by atoms with Crippen LogP contribution in [0.1, 0.15) is 34.9 Å². The average molecular weight is 417 g/mol. The Hall–Kier alpha value is -3.18. The second kappa shape index (κ2) is 7.82. The summed E-state index contributed by atoms with van der Waals surface area (Å²) in [5, 5.41) is 12.7. The van der Waals surface area contributed by atoms with E-state index in [0.717, 1.165) is 12.0 Å². The molecular formula is C26H24FNO3. The Morgan fingerprint density at radius 2 is 1.61 bits per heavy atom. The van der Waals surface area contributed by atoms with E-state index in [1.165, 1.54) is 34.4 Å². The predicted octanol–water partition coefficient (Wildman–Crippen LogP) is 4.83. The summed E-state index contributed by atoms with van der Waals surface area (Å²) in [7, 11) is 0. The first kappa shape index (κ1) is 19.8. The molecule has 2 atom stereocenters. The lowest BCUT2D eigenvalue weighted by Crippen LogP contribution is -2.34. The van der Waals surface area contributed by atoms with Crippen LogP contribution in [0.25, 0.3) is 11.1 Å². The summed E-state index contributed by atoms with van der Waals surface area (Å²) in [6.45, 7) is 0.536. The van der Waals surface area contributed by atoms with Gasteiger partial charge in [-0.05, 0) is 52.3 Å². The van der Waals surface area contributed by atoms with E-state index >= 15 is 0 Å². The summed E-state index contributed by atoms with van der Waals surface area (Å²) >= 11 is 0. The lowest BCUT2D eigenvalue weighted by Gasteiger charge is -2.18. The fraction of sp³-hybridized carbons (Fsp3) is 0.269. The van der Waals surface area contributed by atoms with Gasteiger partial charge in [0, 0.05) is 17.9 Å². The zero-order valence-electron chi connectivity index (χ0n) is 17.1. The minimum absolute atomic E-state index is 0.0119. The summed E-state index contributed by atoms with van der Waals surface area (Å²) in [6.07, 6.45) is 0.262. The maximum atomic E-state index is 13.2. The normalized spacial score (nSPS) is 21.3. The van der Waals surface area contributed by atoms with Crippen LogP contribution in [0.2, 0.25) is 0 Å². The fourth-order valence-electron chi connectivity index (χ4n) is 4.84. The fourth-order valence-corrected chi connectivity index (χ4v) is 4.84. The standard InChI is InChI=1S/C26H24FNO3/c27-18-11-9-17(10-12-18)24-13-26(24,16-29)15-28-25(30)31-14-23-21-7-3-1-5-19(21)20-6-2-4-8-22(20)23/h1-12,23-24,29H,13-16H2,(H,28,30). The van der Waals surface area contributed by atoms with Gasteiger partial charge >= 0.3 is 6.09 Å². The van der Waals surface area contributed by atoms with Crippen molar-refractivity contribution >= 4 is 6.09 Å². The van der Waals surface area contributed by atoms with Crippen molar-refractivity contribution in [2.24, 2.45) is 5.41 Å². The molecule has 1 saturated carbocycles. The Morgan fingerprint density at radius 1 is 1.00 bits per heavy atom. The van der Waals surface area contributed by atoms with Crippen molar-refractivity contribution in [3.63, 3.8) is 0 Å². The van der Waals surface area contributed by atoms with Crippen LogP contribution in [0.4, 0.5) is 9.18 Å². The van der Waals surface area contributed by atoms with Gasteiger partial charge in [-0.1, -0.05) is 60.7 Å². The number of aliphatic hydroxyl groups is 1. The van der Waals surface area contributed by atoms with Crippen molar-refractivity contribution in [2.75, 3.05) is 19.8 Å². The third-order valence-corrected chi connectivity index (χ3v) is 6.71. The summed E-state index contributed by atoms with van der Waals surface area (Å²) < 4.78 is 18.8. The van der Waals surface area contributed by atoms with E-state index in [-0.39, 0.29) is 30.9 Å². The number of nitrogens with one attached hydrogen (secondary N) is 1. The van der Waals surface area contributed by atoms with Gasteiger partial charge in [-0.3, -0.25) is 0 Å². The molecule has 0 bridgehead atoms. The summed E-state index contributed by atoms with van der Waals surface area (Å²) in [6, 6.07) is 22.7. The van der Waals surface area contributed by atoms with Gasteiger partial charge < -0.3 is 15.2 Å². The van der Waals surface area contributed by atoms with Crippen molar-refractivity contribution < 1.29 is 19.0 Å². The third-order valence-electron chi connectivity index (χ3n) is 6.71. The number of carbonyl (C=O) groups is 1. The van der Waals surface area contributed by atoms with Gasteiger partial charge in [-0.25, -0.2) is 9.18 Å². The van der Waals surface area contributed by atoms with Crippen LogP contribution in [0.3, 0.4) is 0 Å². The molecule has 0 aliphatic heterocycles. The first-order chi connectivity index (χ1) is 15.1. The summed E-state index contributed by atoms with van der Waals surface area (Å²) in [5.74, 6) is -0.166. The number of hydrogen-bond donors (Lipinski definition) is 2. The predicted molar refractivity (Wildman–Crippen MR) is 116 cm³/mol. The molecule has 2 aliphatic rings. The molecular weight excluding hydrogens is 393 g/mol. The quantitative estimate of drug-likeness (QED) is 0.604. The van der Waals surface area contributed by atoms with Crippen molar-refractivity contribution in [1.29, 1.82) is 0 Å². The molecule has 0 heterocycles. The lowest BCUT2D eigenvalue weighted by molar-refractivity contribution is 0.136. The Balaban J connectivity index is 1.21. The van der Waals surface area contributed by atoms with Crippen molar-refractivity contribution in [2.45, 2.75) is 18.3 Å². The monoisotopic (exact) mass is 417 g/mol. The van der Waals surface area contributed by atoms with Crippen LogP contribution in [0.15, 0.2) is 72.8 Å². The highest BCUT2D eigenvalue weighted by Gasteiger charge is 2.54. The molecule has 4 nitrogen and oxygen atoms in total. The number of ether oxygens (including phenoxy) is 1. The number of fused-ring (bicyclic) bond motifs is 3. The Kier molecular flexibility index (Phi) is 4.98. The molecule has 3 aromatic carbocycles. The van der Waals surface area contributed by atoms with Crippen LogP contribution in [-0.2, 0) is 4.74 Å². The Labute approximate surface area is 180 Å². The van der Waals surface area contributed by atoms with Crippen molar-refractivity contribution in [3.05, 3.63) is 95.3 Å². The van der Waals surface area contributed by atoms with E-state index in [2.05, 4.69) is 29.6 Å². The first-order valence-corrected chi connectivity index (χ1v) is 10.6. The Morgan fingerprint density at radius 3 is 2.23 bits per heavy atom. The van der Waals surface area contributed by atoms with E-state index in [1.54, 1.807) is 12.1 Å². The molecule has 2 unspecified atom stereocenters. The number of rotatable bonds is 6. The molecule has 158 valence electrons. The van der Waals surface area contributed by atoms with E-state index in [1.807, 2.05) is 24.3 Å². The highest BCUT2D eigenvalue weighted by molar-refractivity contribution is 5.79. The largest absolute Gasteiger partial charge is 0.449 e. The smallest absolute Gasteiger partial charge is 0.407 e. The zero-order valence-corrected chi connectivity index (χ0v) is 17.1. The molecule has 0 radical (unpaired) electrons. The molecule has 0 saturated heterocycles. The van der Waals surface area contributed by atoms with Crippen LogP contribution >= 0.6 is 0 Å². The number of aliphatic hydroxyl groups excluding tert-OH is 1. The molecule has 1 fully saturated rings. The minimum atomic E-state index is -0.487. The molecule has 2 N–H and O–H groups in total. The Bertz CT molecular complexity index is 1070. The van der Waals surface area contributed by atoms with E-state index in [9.17, 15) is 14.3 Å². The number of carbonyl (C=O) groups excluding carboxylic acids is 1. The first-order valence-electron chi connectivity index (χ1n) is 10.6. The maximum absolute atomic E-state index is 13.2. The zero-order chi connectivity index (χ0) is 21.4. The van der Waals surface area contributed by atoms with Crippen molar-refractivity contribution in [3.8, 4) is 11.1 Å². The third kappa shape index (κ3) is 3.59. The van der Waals surface area contributed by atoms with Gasteiger partial charge in [0.25, 0.3) is 0 Å². The molecule has 1 amide bonds. The summed E-state index contributed by atoms with van der Waals surface area (Å²) in [4.78, 5) is 12.4. The highest BCUT2D eigenvalue weighted by Crippen LogP contribution is 2.58. The van der Waals surface area contributed by atoms with Gasteiger partial charge in [0.1, 0.15) is 12.4 Å². The molecule has 0 aromatic heterocycles. The number of alkyl carbamates (subject to hydrolysis) is 1. The van der Waals surface area contributed by atoms with E-state index in [4.69, 9.17) is 4.74 Å². The van der Waals surface area contributed by atoms with Crippen LogP contribution in [-0.4, -0.2) is 31.0 Å². The number of hydrogen-bond acceptors (Lipinski definition) is 3. The van der Waals surface area contributed by atoms with Gasteiger partial charge in [0.2, 0.25) is 0 Å². The molecule has 5 rings (SSSR count).